The molecule has 0 radical (unpaired) electrons. The average molecular weight is 249 g/mol. The standard InChI is InChI=1S/C13H19N3S/c1-9-11(13(2,3)6-7-14)17-12(16-9)10-5-4-8-15-10/h4-5,8,15H,6-7,14H2,1-3H3. The number of aromatic nitrogens is 2. The molecule has 17 heavy (non-hydrogen) atoms. The maximum atomic E-state index is 5.68. The first-order valence-corrected chi connectivity index (χ1v) is 6.68. The van der Waals surface area contributed by atoms with E-state index in [9.17, 15) is 0 Å². The van der Waals surface area contributed by atoms with Crippen LogP contribution in [0.25, 0.3) is 10.7 Å². The van der Waals surface area contributed by atoms with Gasteiger partial charge < -0.3 is 10.7 Å². The number of hydrogen-bond acceptors (Lipinski definition) is 3. The van der Waals surface area contributed by atoms with Gasteiger partial charge in [-0.3, -0.25) is 0 Å². The molecule has 2 rings (SSSR count). The minimum atomic E-state index is 0.112. The quantitative estimate of drug-likeness (QED) is 0.875. The van der Waals surface area contributed by atoms with Crippen molar-refractivity contribution in [3.8, 4) is 10.7 Å². The molecule has 0 unspecified atom stereocenters. The molecule has 2 heterocycles. The largest absolute Gasteiger partial charge is 0.359 e. The third-order valence-electron chi connectivity index (χ3n) is 3.01. The first-order chi connectivity index (χ1) is 8.04. The number of aryl methyl sites for hydroxylation is 1. The molecular formula is C13H19N3S. The van der Waals surface area contributed by atoms with Gasteiger partial charge in [0.1, 0.15) is 5.01 Å². The number of aromatic amines is 1. The summed E-state index contributed by atoms with van der Waals surface area (Å²) < 4.78 is 0. The Balaban J connectivity index is 2.37. The topological polar surface area (TPSA) is 54.7 Å². The number of nitrogens with zero attached hydrogens (tertiary/aromatic N) is 1. The van der Waals surface area contributed by atoms with Crippen molar-refractivity contribution in [1.29, 1.82) is 0 Å². The van der Waals surface area contributed by atoms with E-state index in [0.29, 0.717) is 6.54 Å². The molecule has 0 fully saturated rings. The molecule has 0 atom stereocenters. The molecule has 0 aliphatic rings. The lowest BCUT2D eigenvalue weighted by molar-refractivity contribution is 0.494. The first kappa shape index (κ1) is 12.3. The number of thiazole rings is 1. The van der Waals surface area contributed by atoms with Crippen LogP contribution in [0, 0.1) is 6.92 Å². The number of hydrogen-bond donors (Lipinski definition) is 2. The van der Waals surface area contributed by atoms with Gasteiger partial charge in [0.2, 0.25) is 0 Å². The van der Waals surface area contributed by atoms with Crippen LogP contribution in [0.4, 0.5) is 0 Å². The molecule has 2 aromatic rings. The zero-order chi connectivity index (χ0) is 12.5. The summed E-state index contributed by atoms with van der Waals surface area (Å²) in [6, 6.07) is 4.05. The Kier molecular flexibility index (Phi) is 3.35. The molecule has 0 saturated carbocycles. The molecule has 3 N–H and O–H groups in total. The summed E-state index contributed by atoms with van der Waals surface area (Å²) in [6.07, 6.45) is 2.91. The van der Waals surface area contributed by atoms with Crippen molar-refractivity contribution in [2.24, 2.45) is 5.73 Å². The summed E-state index contributed by atoms with van der Waals surface area (Å²) in [6.45, 7) is 7.26. The number of nitrogens with two attached hydrogens (primary N) is 1. The summed E-state index contributed by atoms with van der Waals surface area (Å²) >= 11 is 1.77. The molecule has 0 aliphatic carbocycles. The van der Waals surface area contributed by atoms with Crippen molar-refractivity contribution in [2.45, 2.75) is 32.6 Å². The van der Waals surface area contributed by atoms with Gasteiger partial charge in [-0.2, -0.15) is 0 Å². The van der Waals surface area contributed by atoms with Crippen molar-refractivity contribution < 1.29 is 0 Å². The molecule has 0 amide bonds. The molecule has 0 aromatic carbocycles. The van der Waals surface area contributed by atoms with Crippen LogP contribution >= 0.6 is 11.3 Å². The Morgan fingerprint density at radius 1 is 1.47 bits per heavy atom. The number of H-pyrrole nitrogens is 1. The highest BCUT2D eigenvalue weighted by Gasteiger charge is 2.25. The zero-order valence-corrected chi connectivity index (χ0v) is 11.4. The second-order valence-corrected chi connectivity index (χ2v) is 5.94. The molecule has 4 heteroatoms. The summed E-state index contributed by atoms with van der Waals surface area (Å²) in [5.41, 5.74) is 8.01. The van der Waals surface area contributed by atoms with E-state index in [-0.39, 0.29) is 5.41 Å². The van der Waals surface area contributed by atoms with Crippen LogP contribution < -0.4 is 5.73 Å². The molecular weight excluding hydrogens is 230 g/mol. The van der Waals surface area contributed by atoms with E-state index in [1.165, 1.54) is 4.88 Å². The summed E-state index contributed by atoms with van der Waals surface area (Å²) in [5, 5.41) is 1.06. The second-order valence-electron chi connectivity index (χ2n) is 4.94. The van der Waals surface area contributed by atoms with Crippen LogP contribution in [0.1, 0.15) is 30.8 Å². The third kappa shape index (κ3) is 2.42. The monoisotopic (exact) mass is 249 g/mol. The van der Waals surface area contributed by atoms with Gasteiger partial charge >= 0.3 is 0 Å². The van der Waals surface area contributed by atoms with Crippen molar-refractivity contribution in [1.82, 2.24) is 9.97 Å². The Morgan fingerprint density at radius 3 is 2.82 bits per heavy atom. The van der Waals surface area contributed by atoms with Gasteiger partial charge in [0.25, 0.3) is 0 Å². The molecule has 3 nitrogen and oxygen atoms in total. The third-order valence-corrected chi connectivity index (χ3v) is 4.57. The van der Waals surface area contributed by atoms with Crippen molar-refractivity contribution in [3.05, 3.63) is 28.9 Å². The second kappa shape index (κ2) is 4.63. The number of rotatable bonds is 4. The Hall–Kier alpha value is -1.13. The predicted molar refractivity (Wildman–Crippen MR) is 73.3 cm³/mol. The van der Waals surface area contributed by atoms with Crippen LogP contribution in [-0.4, -0.2) is 16.5 Å². The fourth-order valence-corrected chi connectivity index (χ4v) is 3.26. The van der Waals surface area contributed by atoms with Crippen LogP contribution in [0.5, 0.6) is 0 Å². The first-order valence-electron chi connectivity index (χ1n) is 5.86. The van der Waals surface area contributed by atoms with Crippen molar-refractivity contribution >= 4 is 11.3 Å². The fourth-order valence-electron chi connectivity index (χ4n) is 2.08. The maximum Gasteiger partial charge on any atom is 0.140 e. The van der Waals surface area contributed by atoms with Gasteiger partial charge in [0, 0.05) is 16.5 Å². The van der Waals surface area contributed by atoms with E-state index in [1.54, 1.807) is 11.3 Å². The van der Waals surface area contributed by atoms with E-state index in [1.807, 2.05) is 12.3 Å². The lowest BCUT2D eigenvalue weighted by Gasteiger charge is -2.22. The predicted octanol–water partition coefficient (Wildman–Crippen LogP) is 3.07. The van der Waals surface area contributed by atoms with E-state index >= 15 is 0 Å². The Bertz CT molecular complexity index is 483. The Labute approximate surface area is 106 Å². The smallest absolute Gasteiger partial charge is 0.140 e. The van der Waals surface area contributed by atoms with Gasteiger partial charge in [-0.15, -0.1) is 11.3 Å². The van der Waals surface area contributed by atoms with Crippen LogP contribution in [0.2, 0.25) is 0 Å². The SMILES string of the molecule is Cc1nc(-c2ccc[nH]2)sc1C(C)(C)CCN. The highest BCUT2D eigenvalue weighted by Crippen LogP contribution is 2.37. The van der Waals surface area contributed by atoms with Gasteiger partial charge in [-0.1, -0.05) is 13.8 Å². The molecule has 0 bridgehead atoms. The lowest BCUT2D eigenvalue weighted by Crippen LogP contribution is -2.21. The van der Waals surface area contributed by atoms with Gasteiger partial charge in [0.05, 0.1) is 11.4 Å². The minimum absolute atomic E-state index is 0.112. The van der Waals surface area contributed by atoms with Crippen LogP contribution in [0.15, 0.2) is 18.3 Å². The van der Waals surface area contributed by atoms with E-state index in [2.05, 4.69) is 36.8 Å². The van der Waals surface area contributed by atoms with E-state index in [0.717, 1.165) is 22.8 Å². The highest BCUT2D eigenvalue weighted by atomic mass is 32.1. The molecule has 0 aliphatic heterocycles. The average Bonchev–Trinajstić information content (AvgIpc) is 2.85. The summed E-state index contributed by atoms with van der Waals surface area (Å²) in [4.78, 5) is 9.19. The minimum Gasteiger partial charge on any atom is -0.359 e. The zero-order valence-electron chi connectivity index (χ0n) is 10.6. The van der Waals surface area contributed by atoms with Crippen molar-refractivity contribution in [3.63, 3.8) is 0 Å². The summed E-state index contributed by atoms with van der Waals surface area (Å²) in [5.74, 6) is 0. The molecule has 0 spiro atoms. The molecule has 0 saturated heterocycles. The van der Waals surface area contributed by atoms with Gasteiger partial charge in [-0.05, 0) is 32.0 Å². The normalized spacial score (nSPS) is 12.0. The molecule has 92 valence electrons. The number of nitrogens with one attached hydrogen (secondary N) is 1. The van der Waals surface area contributed by atoms with E-state index < -0.39 is 0 Å². The molecule has 2 aromatic heterocycles. The summed E-state index contributed by atoms with van der Waals surface area (Å²) in [7, 11) is 0. The fraction of sp³-hybridized carbons (Fsp3) is 0.462. The lowest BCUT2D eigenvalue weighted by atomic mass is 9.87. The van der Waals surface area contributed by atoms with Crippen LogP contribution in [0.3, 0.4) is 0 Å². The maximum absolute atomic E-state index is 5.68. The van der Waals surface area contributed by atoms with Gasteiger partial charge in [0.15, 0.2) is 0 Å². The van der Waals surface area contributed by atoms with Crippen LogP contribution in [-0.2, 0) is 5.41 Å². The highest BCUT2D eigenvalue weighted by molar-refractivity contribution is 7.15. The van der Waals surface area contributed by atoms with E-state index in [4.69, 9.17) is 5.73 Å². The van der Waals surface area contributed by atoms with Crippen molar-refractivity contribution in [2.75, 3.05) is 6.54 Å². The van der Waals surface area contributed by atoms with Gasteiger partial charge in [-0.25, -0.2) is 4.98 Å². The Morgan fingerprint density at radius 2 is 2.24 bits per heavy atom.